The van der Waals surface area contributed by atoms with Crippen LogP contribution in [0.2, 0.25) is 0 Å². The molecule has 2 aromatic rings. The van der Waals surface area contributed by atoms with Crippen molar-refractivity contribution in [3.8, 4) is 0 Å². The second-order valence-corrected chi connectivity index (χ2v) is 7.76. The molecule has 0 saturated heterocycles. The van der Waals surface area contributed by atoms with Gasteiger partial charge in [-0.2, -0.15) is 0 Å². The van der Waals surface area contributed by atoms with Gasteiger partial charge in [-0.05, 0) is 61.6 Å². The first-order valence-electron chi connectivity index (χ1n) is 10.1. The first kappa shape index (κ1) is 22.1. The largest absolute Gasteiger partial charge is 0.334 e. The van der Waals surface area contributed by atoms with Crippen molar-refractivity contribution in [3.63, 3.8) is 0 Å². The minimum atomic E-state index is -0.608. The van der Waals surface area contributed by atoms with Crippen LogP contribution in [-0.4, -0.2) is 39.9 Å². The lowest BCUT2D eigenvalue weighted by Gasteiger charge is -2.24. The Balaban J connectivity index is 1.63. The van der Waals surface area contributed by atoms with E-state index < -0.39 is 6.04 Å². The van der Waals surface area contributed by atoms with Gasteiger partial charge in [0, 0.05) is 31.3 Å². The van der Waals surface area contributed by atoms with E-state index in [1.165, 1.54) is 11.8 Å². The van der Waals surface area contributed by atoms with Crippen molar-refractivity contribution in [1.82, 2.24) is 15.2 Å². The second kappa shape index (κ2) is 9.51. The minimum Gasteiger partial charge on any atom is -0.334 e. The Labute approximate surface area is 181 Å². The number of rotatable bonds is 8. The summed E-state index contributed by atoms with van der Waals surface area (Å²) >= 11 is 0. The number of fused-ring (bicyclic) bond motifs is 1. The van der Waals surface area contributed by atoms with E-state index in [2.05, 4.69) is 15.6 Å². The molecule has 2 heterocycles. The number of aryl methyl sites for hydroxylation is 2. The molecule has 31 heavy (non-hydrogen) atoms. The fraction of sp³-hybridized carbons (Fsp3) is 0.348. The van der Waals surface area contributed by atoms with E-state index in [9.17, 15) is 19.2 Å². The third kappa shape index (κ3) is 5.14. The summed E-state index contributed by atoms with van der Waals surface area (Å²) in [5.74, 6) is 0.127. The van der Waals surface area contributed by atoms with Crippen molar-refractivity contribution in [3.05, 3.63) is 58.3 Å². The number of hydrogen-bond donors (Lipinski definition) is 2. The number of carbonyl (C=O) groups is 4. The van der Waals surface area contributed by atoms with E-state index in [-0.39, 0.29) is 30.7 Å². The number of Topliss-reactive ketones (excluding diaryl/α,β-unsaturated/α-hetero) is 1. The Morgan fingerprint density at radius 1 is 1.23 bits per heavy atom. The van der Waals surface area contributed by atoms with Crippen LogP contribution in [0.3, 0.4) is 0 Å². The van der Waals surface area contributed by atoms with Crippen LogP contribution in [0.15, 0.2) is 30.5 Å². The van der Waals surface area contributed by atoms with Gasteiger partial charge in [0.05, 0.1) is 6.04 Å². The van der Waals surface area contributed by atoms with Crippen molar-refractivity contribution >= 4 is 29.8 Å². The van der Waals surface area contributed by atoms with Gasteiger partial charge in [-0.3, -0.25) is 14.9 Å². The van der Waals surface area contributed by atoms with Gasteiger partial charge in [-0.25, -0.2) is 9.78 Å². The van der Waals surface area contributed by atoms with Crippen LogP contribution in [0.4, 0.5) is 10.6 Å². The molecular formula is C23H26N4O4. The third-order valence-electron chi connectivity index (χ3n) is 5.47. The summed E-state index contributed by atoms with van der Waals surface area (Å²) in [6, 6.07) is 6.18. The Morgan fingerprint density at radius 2 is 2.00 bits per heavy atom. The smallest absolute Gasteiger partial charge is 0.320 e. The highest BCUT2D eigenvalue weighted by Gasteiger charge is 2.34. The number of aldehydes is 1. The zero-order chi connectivity index (χ0) is 22.5. The lowest BCUT2D eigenvalue weighted by atomic mass is 10.1. The lowest BCUT2D eigenvalue weighted by Crippen LogP contribution is -2.40. The Hall–Kier alpha value is -3.55. The number of anilines is 1. The number of amides is 3. The number of pyridine rings is 1. The van der Waals surface area contributed by atoms with Crippen LogP contribution in [-0.2, 0) is 22.7 Å². The average molecular weight is 422 g/mol. The van der Waals surface area contributed by atoms with Crippen LogP contribution in [0, 0.1) is 13.8 Å². The number of hydrogen-bond acceptors (Lipinski definition) is 5. The first-order chi connectivity index (χ1) is 14.8. The molecule has 1 aliphatic rings. The highest BCUT2D eigenvalue weighted by atomic mass is 16.2. The number of benzene rings is 1. The molecule has 1 aliphatic heterocycles. The monoisotopic (exact) mass is 422 g/mol. The number of ketones is 1. The maximum absolute atomic E-state index is 12.7. The van der Waals surface area contributed by atoms with Crippen molar-refractivity contribution in [2.24, 2.45) is 0 Å². The Kier molecular flexibility index (Phi) is 6.79. The minimum absolute atomic E-state index is 0.137. The van der Waals surface area contributed by atoms with E-state index in [1.54, 1.807) is 24.4 Å². The van der Waals surface area contributed by atoms with Crippen LogP contribution in [0.5, 0.6) is 0 Å². The molecule has 0 fully saturated rings. The molecule has 8 heteroatoms. The molecule has 3 rings (SSSR count). The van der Waals surface area contributed by atoms with Crippen molar-refractivity contribution in [2.45, 2.75) is 52.7 Å². The van der Waals surface area contributed by atoms with Crippen LogP contribution in [0.1, 0.15) is 52.4 Å². The highest BCUT2D eigenvalue weighted by molar-refractivity contribution is 6.01. The van der Waals surface area contributed by atoms with E-state index in [0.29, 0.717) is 24.3 Å². The molecule has 3 amide bonds. The summed E-state index contributed by atoms with van der Waals surface area (Å²) in [7, 11) is 0. The fourth-order valence-electron chi connectivity index (χ4n) is 3.60. The SMILES string of the molecule is CC(=O)C(CCC=O)N1Cc2cc(CNC(=O)Nc3cc(C)c(C)cn3)ccc2C1=O. The van der Waals surface area contributed by atoms with Crippen molar-refractivity contribution < 1.29 is 19.2 Å². The molecule has 1 aromatic heterocycles. The number of nitrogens with one attached hydrogen (secondary N) is 2. The molecule has 1 aromatic carbocycles. The molecule has 0 aliphatic carbocycles. The van der Waals surface area contributed by atoms with Crippen molar-refractivity contribution in [2.75, 3.05) is 5.32 Å². The van der Waals surface area contributed by atoms with Gasteiger partial charge < -0.3 is 15.0 Å². The lowest BCUT2D eigenvalue weighted by molar-refractivity contribution is -0.121. The zero-order valence-corrected chi connectivity index (χ0v) is 17.9. The fourth-order valence-corrected chi connectivity index (χ4v) is 3.60. The van der Waals surface area contributed by atoms with Crippen LogP contribution in [0.25, 0.3) is 0 Å². The molecule has 0 saturated carbocycles. The number of aromatic nitrogens is 1. The topological polar surface area (TPSA) is 108 Å². The maximum Gasteiger partial charge on any atom is 0.320 e. The summed E-state index contributed by atoms with van der Waals surface area (Å²) < 4.78 is 0. The van der Waals surface area contributed by atoms with Gasteiger partial charge in [-0.1, -0.05) is 12.1 Å². The Morgan fingerprint density at radius 3 is 2.68 bits per heavy atom. The zero-order valence-electron chi connectivity index (χ0n) is 17.9. The number of urea groups is 1. The van der Waals surface area contributed by atoms with Crippen molar-refractivity contribution in [1.29, 1.82) is 0 Å². The van der Waals surface area contributed by atoms with Crippen LogP contribution < -0.4 is 10.6 Å². The van der Waals surface area contributed by atoms with Gasteiger partial charge >= 0.3 is 6.03 Å². The van der Waals surface area contributed by atoms with E-state index in [0.717, 1.165) is 28.5 Å². The average Bonchev–Trinajstić information content (AvgIpc) is 3.05. The third-order valence-corrected chi connectivity index (χ3v) is 5.47. The standard InChI is InChI=1S/C23H26N4O4/c1-14-9-21(24-11-15(14)2)26-23(31)25-12-17-6-7-19-18(10-17)13-27(22(19)30)20(16(3)29)5-4-8-28/h6-11,20H,4-5,12-13H2,1-3H3,(H2,24,25,26,31). The number of nitrogens with zero attached hydrogens (tertiary/aromatic N) is 2. The van der Waals surface area contributed by atoms with E-state index in [4.69, 9.17) is 0 Å². The van der Waals surface area contributed by atoms with Gasteiger partial charge in [0.2, 0.25) is 0 Å². The Bertz CT molecular complexity index is 1030. The highest BCUT2D eigenvalue weighted by Crippen LogP contribution is 2.27. The second-order valence-electron chi connectivity index (χ2n) is 7.76. The number of carbonyl (C=O) groups excluding carboxylic acids is 4. The predicted molar refractivity (Wildman–Crippen MR) is 116 cm³/mol. The molecule has 1 unspecified atom stereocenters. The first-order valence-corrected chi connectivity index (χ1v) is 10.1. The quantitative estimate of drug-likeness (QED) is 0.636. The molecule has 0 spiro atoms. The summed E-state index contributed by atoms with van der Waals surface area (Å²) in [6.45, 7) is 5.92. The molecule has 0 radical (unpaired) electrons. The molecule has 0 bridgehead atoms. The molecule has 8 nitrogen and oxygen atoms in total. The summed E-state index contributed by atoms with van der Waals surface area (Å²) in [5.41, 5.74) is 4.27. The molecule has 1 atom stereocenters. The van der Waals surface area contributed by atoms with Crippen LogP contribution >= 0.6 is 0 Å². The summed E-state index contributed by atoms with van der Waals surface area (Å²) in [5, 5.41) is 5.49. The predicted octanol–water partition coefficient (Wildman–Crippen LogP) is 2.91. The summed E-state index contributed by atoms with van der Waals surface area (Å²) in [4.78, 5) is 53.3. The van der Waals surface area contributed by atoms with E-state index in [1.807, 2.05) is 19.9 Å². The molecule has 162 valence electrons. The molecular weight excluding hydrogens is 396 g/mol. The van der Waals surface area contributed by atoms with Gasteiger partial charge in [-0.15, -0.1) is 0 Å². The molecule has 2 N–H and O–H groups in total. The van der Waals surface area contributed by atoms with E-state index >= 15 is 0 Å². The normalized spacial score (nSPS) is 13.5. The van der Waals surface area contributed by atoms with Gasteiger partial charge in [0.1, 0.15) is 12.1 Å². The summed E-state index contributed by atoms with van der Waals surface area (Å²) in [6.07, 6.45) is 3.01. The van der Waals surface area contributed by atoms with Gasteiger partial charge in [0.25, 0.3) is 5.91 Å². The van der Waals surface area contributed by atoms with Gasteiger partial charge in [0.15, 0.2) is 5.78 Å². The maximum atomic E-state index is 12.7.